The van der Waals surface area contributed by atoms with E-state index in [1.165, 1.54) is 0 Å². The molecule has 0 aromatic heterocycles. The molecular formula is C16H18N2. The first kappa shape index (κ1) is 12.2. The molecule has 0 aliphatic rings. The molecule has 0 saturated heterocycles. The molecule has 0 aliphatic carbocycles. The van der Waals surface area contributed by atoms with Crippen molar-refractivity contribution >= 4 is 23.5 Å². The summed E-state index contributed by atoms with van der Waals surface area (Å²) in [5.41, 5.74) is 16.8. The first-order chi connectivity index (χ1) is 8.72. The number of benzene rings is 2. The Hall–Kier alpha value is -2.22. The fraction of sp³-hybridized carbons (Fsp3) is 0.125. The largest absolute Gasteiger partial charge is 0.398 e. The van der Waals surface area contributed by atoms with Gasteiger partial charge in [0, 0.05) is 11.4 Å². The minimum absolute atomic E-state index is 0.770. The molecule has 0 aliphatic heterocycles. The fourth-order valence-electron chi connectivity index (χ4n) is 1.99. The van der Waals surface area contributed by atoms with Gasteiger partial charge in [-0.1, -0.05) is 55.5 Å². The third-order valence-corrected chi connectivity index (χ3v) is 3.04. The highest BCUT2D eigenvalue weighted by molar-refractivity contribution is 5.79. The van der Waals surface area contributed by atoms with Crippen molar-refractivity contribution in [2.75, 3.05) is 11.5 Å². The Morgan fingerprint density at radius 3 is 2.33 bits per heavy atom. The lowest BCUT2D eigenvalue weighted by Gasteiger charge is -2.09. The van der Waals surface area contributed by atoms with Crippen LogP contribution in [0.4, 0.5) is 11.4 Å². The van der Waals surface area contributed by atoms with E-state index >= 15 is 0 Å². The molecule has 2 heteroatoms. The van der Waals surface area contributed by atoms with Crippen molar-refractivity contribution in [1.82, 2.24) is 0 Å². The van der Waals surface area contributed by atoms with Gasteiger partial charge in [0.1, 0.15) is 0 Å². The molecule has 0 saturated carbocycles. The van der Waals surface area contributed by atoms with Crippen LogP contribution in [-0.4, -0.2) is 0 Å². The molecule has 2 aromatic carbocycles. The summed E-state index contributed by atoms with van der Waals surface area (Å²) in [6, 6.07) is 14.0. The van der Waals surface area contributed by atoms with Crippen LogP contribution in [0.15, 0.2) is 42.5 Å². The molecule has 0 amide bonds. The Bertz CT molecular complexity index is 557. The van der Waals surface area contributed by atoms with E-state index in [9.17, 15) is 0 Å². The number of hydrogen-bond donors (Lipinski definition) is 2. The molecule has 92 valence electrons. The summed E-state index contributed by atoms with van der Waals surface area (Å²) in [4.78, 5) is 0. The number of rotatable bonds is 3. The van der Waals surface area contributed by atoms with Gasteiger partial charge in [0.2, 0.25) is 0 Å². The fourth-order valence-corrected chi connectivity index (χ4v) is 1.99. The van der Waals surface area contributed by atoms with E-state index in [0.29, 0.717) is 0 Å². The standard InChI is InChI=1S/C16H18N2/c1-2-14-15(17)11-10-13(16(14)18)9-8-12-6-4-3-5-7-12/h3-11H,2,17-18H2,1H3. The van der Waals surface area contributed by atoms with E-state index in [4.69, 9.17) is 11.5 Å². The highest BCUT2D eigenvalue weighted by Gasteiger charge is 2.04. The Balaban J connectivity index is 2.33. The number of nitrogen functional groups attached to an aromatic ring is 2. The third kappa shape index (κ3) is 2.54. The van der Waals surface area contributed by atoms with Gasteiger partial charge in [-0.05, 0) is 29.2 Å². The third-order valence-electron chi connectivity index (χ3n) is 3.04. The predicted molar refractivity (Wildman–Crippen MR) is 80.0 cm³/mol. The molecule has 2 nitrogen and oxygen atoms in total. The van der Waals surface area contributed by atoms with Crippen molar-refractivity contribution < 1.29 is 0 Å². The number of anilines is 2. The molecule has 4 N–H and O–H groups in total. The lowest BCUT2D eigenvalue weighted by molar-refractivity contribution is 1.15. The van der Waals surface area contributed by atoms with Gasteiger partial charge in [-0.3, -0.25) is 0 Å². The Morgan fingerprint density at radius 2 is 1.67 bits per heavy atom. The molecule has 0 fully saturated rings. The lowest BCUT2D eigenvalue weighted by Crippen LogP contribution is -2.01. The first-order valence-electron chi connectivity index (χ1n) is 6.12. The van der Waals surface area contributed by atoms with E-state index in [1.54, 1.807) is 0 Å². The van der Waals surface area contributed by atoms with Gasteiger partial charge in [0.05, 0.1) is 0 Å². The summed E-state index contributed by atoms with van der Waals surface area (Å²) in [5, 5.41) is 0. The average molecular weight is 238 g/mol. The molecule has 0 atom stereocenters. The molecule has 2 rings (SSSR count). The van der Waals surface area contributed by atoms with Gasteiger partial charge >= 0.3 is 0 Å². The van der Waals surface area contributed by atoms with E-state index in [1.807, 2.05) is 36.4 Å². The van der Waals surface area contributed by atoms with Crippen LogP contribution < -0.4 is 11.5 Å². The molecule has 18 heavy (non-hydrogen) atoms. The highest BCUT2D eigenvalue weighted by atomic mass is 14.6. The monoisotopic (exact) mass is 238 g/mol. The maximum Gasteiger partial charge on any atom is 0.0440 e. The van der Waals surface area contributed by atoms with Gasteiger partial charge in [-0.15, -0.1) is 0 Å². The summed E-state index contributed by atoms with van der Waals surface area (Å²) in [5.74, 6) is 0. The Kier molecular flexibility index (Phi) is 3.68. The van der Waals surface area contributed by atoms with Crippen molar-refractivity contribution in [3.05, 3.63) is 59.2 Å². The van der Waals surface area contributed by atoms with Crippen LogP contribution in [0.5, 0.6) is 0 Å². The molecular weight excluding hydrogens is 220 g/mol. The van der Waals surface area contributed by atoms with E-state index < -0.39 is 0 Å². The number of hydrogen-bond acceptors (Lipinski definition) is 2. The molecule has 0 heterocycles. The van der Waals surface area contributed by atoms with Gasteiger partial charge in [0.15, 0.2) is 0 Å². The zero-order chi connectivity index (χ0) is 13.0. The van der Waals surface area contributed by atoms with Crippen LogP contribution in [0.25, 0.3) is 12.2 Å². The van der Waals surface area contributed by atoms with Crippen molar-refractivity contribution in [2.24, 2.45) is 0 Å². The van der Waals surface area contributed by atoms with E-state index in [0.717, 1.165) is 34.5 Å². The van der Waals surface area contributed by atoms with Crippen molar-refractivity contribution in [1.29, 1.82) is 0 Å². The minimum atomic E-state index is 0.770. The number of nitrogens with two attached hydrogens (primary N) is 2. The van der Waals surface area contributed by atoms with Crippen molar-refractivity contribution in [2.45, 2.75) is 13.3 Å². The van der Waals surface area contributed by atoms with Crippen LogP contribution in [-0.2, 0) is 6.42 Å². The van der Waals surface area contributed by atoms with Crippen molar-refractivity contribution in [3.63, 3.8) is 0 Å². The smallest absolute Gasteiger partial charge is 0.0440 e. The molecule has 0 unspecified atom stereocenters. The SMILES string of the molecule is CCc1c(N)ccc(C=Cc2ccccc2)c1N. The maximum absolute atomic E-state index is 6.13. The molecule has 0 spiro atoms. The Labute approximate surface area is 108 Å². The topological polar surface area (TPSA) is 52.0 Å². The van der Waals surface area contributed by atoms with Crippen LogP contribution in [0.1, 0.15) is 23.6 Å². The molecule has 0 bridgehead atoms. The van der Waals surface area contributed by atoms with Gasteiger partial charge in [-0.25, -0.2) is 0 Å². The van der Waals surface area contributed by atoms with E-state index in [2.05, 4.69) is 25.1 Å². The van der Waals surface area contributed by atoms with Crippen molar-refractivity contribution in [3.8, 4) is 0 Å². The second kappa shape index (κ2) is 5.41. The van der Waals surface area contributed by atoms with E-state index in [-0.39, 0.29) is 0 Å². The van der Waals surface area contributed by atoms with Crippen LogP contribution >= 0.6 is 0 Å². The van der Waals surface area contributed by atoms with Gasteiger partial charge < -0.3 is 11.5 Å². The summed E-state index contributed by atoms with van der Waals surface area (Å²) in [6.07, 6.45) is 4.94. The summed E-state index contributed by atoms with van der Waals surface area (Å²) < 4.78 is 0. The molecule has 0 radical (unpaired) electrons. The second-order valence-corrected chi connectivity index (χ2v) is 4.23. The summed E-state index contributed by atoms with van der Waals surface area (Å²) in [7, 11) is 0. The quantitative estimate of drug-likeness (QED) is 0.634. The maximum atomic E-state index is 6.13. The Morgan fingerprint density at radius 1 is 0.944 bits per heavy atom. The van der Waals surface area contributed by atoms with Crippen LogP contribution in [0.2, 0.25) is 0 Å². The summed E-state index contributed by atoms with van der Waals surface area (Å²) in [6.45, 7) is 2.06. The minimum Gasteiger partial charge on any atom is -0.398 e. The van der Waals surface area contributed by atoms with Crippen LogP contribution in [0, 0.1) is 0 Å². The van der Waals surface area contributed by atoms with Gasteiger partial charge in [0.25, 0.3) is 0 Å². The molecule has 2 aromatic rings. The second-order valence-electron chi connectivity index (χ2n) is 4.23. The van der Waals surface area contributed by atoms with Gasteiger partial charge in [-0.2, -0.15) is 0 Å². The predicted octanol–water partition coefficient (Wildman–Crippen LogP) is 3.58. The lowest BCUT2D eigenvalue weighted by atomic mass is 10.0. The average Bonchev–Trinajstić information content (AvgIpc) is 2.40. The zero-order valence-corrected chi connectivity index (χ0v) is 10.6. The normalized spacial score (nSPS) is 10.9. The summed E-state index contributed by atoms with van der Waals surface area (Å²) >= 11 is 0. The first-order valence-corrected chi connectivity index (χ1v) is 6.12. The highest BCUT2D eigenvalue weighted by Crippen LogP contribution is 2.25. The van der Waals surface area contributed by atoms with Crippen LogP contribution in [0.3, 0.4) is 0 Å². The zero-order valence-electron chi connectivity index (χ0n) is 10.6.